The molecule has 0 amide bonds. The van der Waals surface area contributed by atoms with Gasteiger partial charge in [-0.2, -0.15) is 0 Å². The molecule has 6 heteroatoms. The second kappa shape index (κ2) is 12.8. The molecule has 0 heterocycles. The molecule has 0 aromatic heterocycles. The van der Waals surface area contributed by atoms with Gasteiger partial charge in [-0.1, -0.05) is 69.4 Å². The summed E-state index contributed by atoms with van der Waals surface area (Å²) in [5.41, 5.74) is -1.48. The van der Waals surface area contributed by atoms with Crippen LogP contribution in [0.2, 0.25) is 0 Å². The topological polar surface area (TPSA) is 74.6 Å². The van der Waals surface area contributed by atoms with Gasteiger partial charge in [-0.15, -0.1) is 0 Å². The van der Waals surface area contributed by atoms with Gasteiger partial charge in [0.15, 0.2) is 5.41 Å². The molecule has 0 aliphatic carbocycles. The maximum absolute atomic E-state index is 11.6. The fourth-order valence-electron chi connectivity index (χ4n) is 2.41. The van der Waals surface area contributed by atoms with Crippen LogP contribution in [0.15, 0.2) is 30.3 Å². The van der Waals surface area contributed by atoms with Crippen LogP contribution in [0.25, 0.3) is 0 Å². The Morgan fingerprint density at radius 1 is 0.955 bits per heavy atom. The fraction of sp³-hybridized carbons (Fsp3) is 0.500. The van der Waals surface area contributed by atoms with Crippen molar-refractivity contribution in [1.82, 2.24) is 0 Å². The Hall–Kier alpha value is 0.394. The Balaban J connectivity index is 0. The number of rotatable bonds is 9. The van der Waals surface area contributed by atoms with Gasteiger partial charge >= 0.3 is 82.2 Å². The van der Waals surface area contributed by atoms with Crippen molar-refractivity contribution in [3.8, 4) is 0 Å². The average Bonchev–Trinajstić information content (AvgIpc) is 2.43. The first kappa shape index (κ1) is 24.6. The quantitative estimate of drug-likeness (QED) is 0.414. The zero-order chi connectivity index (χ0) is 15.0. The summed E-state index contributed by atoms with van der Waals surface area (Å²) in [6, 6.07) is 8.25. The van der Waals surface area contributed by atoms with E-state index in [1.54, 1.807) is 30.3 Å². The molecular formula is C16H24KLiO4. The van der Waals surface area contributed by atoms with Crippen molar-refractivity contribution in [2.75, 3.05) is 0 Å². The molecule has 114 valence electrons. The van der Waals surface area contributed by atoms with Gasteiger partial charge in [0.1, 0.15) is 0 Å². The molecule has 0 aliphatic rings. The van der Waals surface area contributed by atoms with Crippen molar-refractivity contribution in [3.05, 3.63) is 35.9 Å². The molecular weight excluding hydrogens is 302 g/mol. The molecule has 0 unspecified atom stereocenters. The summed E-state index contributed by atoms with van der Waals surface area (Å²) in [6.07, 6.45) is 4.81. The van der Waals surface area contributed by atoms with Gasteiger partial charge in [-0.3, -0.25) is 9.59 Å². The number of carboxylic acid groups (broad SMARTS) is 2. The van der Waals surface area contributed by atoms with Crippen molar-refractivity contribution in [2.45, 2.75) is 50.9 Å². The van der Waals surface area contributed by atoms with Gasteiger partial charge in [0.2, 0.25) is 0 Å². The van der Waals surface area contributed by atoms with E-state index in [0.717, 1.165) is 25.7 Å². The van der Waals surface area contributed by atoms with Crippen molar-refractivity contribution < 1.29 is 19.8 Å². The molecule has 0 saturated heterocycles. The molecule has 0 atom stereocenters. The maximum atomic E-state index is 11.6. The normalized spacial score (nSPS) is 10.2. The molecule has 0 bridgehead atoms. The van der Waals surface area contributed by atoms with Crippen molar-refractivity contribution in [3.63, 3.8) is 0 Å². The number of carboxylic acids is 2. The van der Waals surface area contributed by atoms with Gasteiger partial charge in [-0.25, -0.2) is 0 Å². The third-order valence-corrected chi connectivity index (χ3v) is 3.65. The number of hydrogen-bond acceptors (Lipinski definition) is 2. The summed E-state index contributed by atoms with van der Waals surface area (Å²) < 4.78 is 0. The van der Waals surface area contributed by atoms with Gasteiger partial charge in [0.25, 0.3) is 0 Å². The second-order valence-electron chi connectivity index (χ2n) is 5.05. The number of benzene rings is 1. The van der Waals surface area contributed by atoms with Crippen LogP contribution in [-0.2, 0) is 15.0 Å². The third kappa shape index (κ3) is 6.48. The Labute approximate surface area is 186 Å². The van der Waals surface area contributed by atoms with Crippen LogP contribution in [0.5, 0.6) is 0 Å². The van der Waals surface area contributed by atoms with E-state index in [0.29, 0.717) is 12.0 Å². The van der Waals surface area contributed by atoms with E-state index >= 15 is 0 Å². The second-order valence-corrected chi connectivity index (χ2v) is 5.05. The molecule has 0 saturated carbocycles. The minimum absolute atomic E-state index is 0. The van der Waals surface area contributed by atoms with Crippen molar-refractivity contribution in [1.29, 1.82) is 0 Å². The molecule has 1 rings (SSSR count). The van der Waals surface area contributed by atoms with E-state index in [4.69, 9.17) is 0 Å². The molecule has 1 aromatic carbocycles. The zero-order valence-corrected chi connectivity index (χ0v) is 11.8. The summed E-state index contributed by atoms with van der Waals surface area (Å²) in [4.78, 5) is 23.2. The first-order valence-electron chi connectivity index (χ1n) is 7.08. The van der Waals surface area contributed by atoms with Crippen LogP contribution >= 0.6 is 0 Å². The fourth-order valence-corrected chi connectivity index (χ4v) is 2.41. The van der Waals surface area contributed by atoms with Gasteiger partial charge in [0.05, 0.1) is 0 Å². The molecule has 0 fully saturated rings. The molecule has 22 heavy (non-hydrogen) atoms. The molecule has 0 aliphatic heterocycles. The van der Waals surface area contributed by atoms with Crippen LogP contribution in [0, 0.1) is 0 Å². The van der Waals surface area contributed by atoms with Crippen LogP contribution in [0.4, 0.5) is 0 Å². The number of unbranched alkanes of at least 4 members (excludes halogenated alkanes) is 4. The number of hydrogen-bond donors (Lipinski definition) is 2. The van der Waals surface area contributed by atoms with E-state index in [1.807, 2.05) is 0 Å². The Morgan fingerprint density at radius 3 is 1.91 bits per heavy atom. The molecule has 0 spiro atoms. The molecule has 4 nitrogen and oxygen atoms in total. The van der Waals surface area contributed by atoms with Crippen molar-refractivity contribution in [2.24, 2.45) is 0 Å². The number of carbonyl (C=O) groups is 2. The van der Waals surface area contributed by atoms with Crippen LogP contribution in [0.1, 0.15) is 51.0 Å². The SMILES string of the molecule is CCCCCCCC(C(=O)O)(C(=O)O)c1ccccc1.[KH].[LiH]. The van der Waals surface area contributed by atoms with Gasteiger partial charge in [-0.05, 0) is 12.0 Å². The van der Waals surface area contributed by atoms with Crippen LogP contribution < -0.4 is 0 Å². The summed E-state index contributed by atoms with van der Waals surface area (Å²) in [5, 5.41) is 18.9. The van der Waals surface area contributed by atoms with Crippen LogP contribution in [0.3, 0.4) is 0 Å². The summed E-state index contributed by atoms with van der Waals surface area (Å²) in [6.45, 7) is 2.10. The molecule has 0 radical (unpaired) electrons. The number of aliphatic carboxylic acids is 2. The Bertz CT molecular complexity index is 437. The van der Waals surface area contributed by atoms with E-state index < -0.39 is 17.4 Å². The Morgan fingerprint density at radius 2 is 1.45 bits per heavy atom. The first-order valence-corrected chi connectivity index (χ1v) is 7.08. The van der Waals surface area contributed by atoms with E-state index in [2.05, 4.69) is 6.92 Å². The molecule has 2 N–H and O–H groups in total. The Kier molecular flexibility index (Phi) is 14.3. The third-order valence-electron chi connectivity index (χ3n) is 3.65. The minimum atomic E-state index is -1.83. The first-order chi connectivity index (χ1) is 9.55. The van der Waals surface area contributed by atoms with E-state index in [-0.39, 0.29) is 76.7 Å². The molecule has 1 aromatic rings. The van der Waals surface area contributed by atoms with Gasteiger partial charge in [0, 0.05) is 0 Å². The van der Waals surface area contributed by atoms with E-state index in [9.17, 15) is 19.8 Å². The zero-order valence-electron chi connectivity index (χ0n) is 11.8. The van der Waals surface area contributed by atoms with E-state index in [1.165, 1.54) is 0 Å². The monoisotopic (exact) mass is 326 g/mol. The predicted molar refractivity (Wildman–Crippen MR) is 91.1 cm³/mol. The standard InChI is InChI=1S/C16H22O4.K.Li.2H/c1-2-3-4-5-9-12-16(14(17)18,15(19)20)13-10-7-6-8-11-13;;;;/h6-8,10-11H,2-5,9,12H2,1H3,(H,17,18)(H,19,20);;;;. The van der Waals surface area contributed by atoms with Crippen molar-refractivity contribution >= 4 is 82.2 Å². The van der Waals surface area contributed by atoms with Gasteiger partial charge < -0.3 is 10.2 Å². The summed E-state index contributed by atoms with van der Waals surface area (Å²) in [7, 11) is 0. The average molecular weight is 326 g/mol. The predicted octanol–water partition coefficient (Wildman–Crippen LogP) is 2.16. The van der Waals surface area contributed by atoms with Crippen LogP contribution in [-0.4, -0.2) is 92.4 Å². The summed E-state index contributed by atoms with van der Waals surface area (Å²) in [5.74, 6) is -2.57. The summed E-state index contributed by atoms with van der Waals surface area (Å²) >= 11 is 0.